The van der Waals surface area contributed by atoms with E-state index in [4.69, 9.17) is 0 Å². The van der Waals surface area contributed by atoms with Gasteiger partial charge in [0.1, 0.15) is 0 Å². The molecule has 1 aromatic heterocycles. The van der Waals surface area contributed by atoms with Gasteiger partial charge in [0.2, 0.25) is 5.95 Å². The average molecular weight is 325 g/mol. The van der Waals surface area contributed by atoms with E-state index in [2.05, 4.69) is 62.1 Å². The fraction of sp³-hybridized carbons (Fsp3) is 0.167. The van der Waals surface area contributed by atoms with E-state index in [1.54, 1.807) is 12.4 Å². The average Bonchev–Trinajstić information content (AvgIpc) is 2.33. The van der Waals surface area contributed by atoms with Crippen molar-refractivity contribution in [3.63, 3.8) is 0 Å². The number of nitrogens with one attached hydrogen (secondary N) is 1. The van der Waals surface area contributed by atoms with Crippen LogP contribution in [0.15, 0.2) is 42.7 Å². The molecule has 0 amide bonds. The Morgan fingerprint density at radius 3 is 2.44 bits per heavy atom. The molecule has 82 valence electrons. The Hall–Kier alpha value is -1.17. The summed E-state index contributed by atoms with van der Waals surface area (Å²) in [7, 11) is 0. The standard InChI is InChI=1S/C12H12IN3/c13-11-4-2-10(3-5-11)6-9-16-12-14-7-1-8-15-12/h1-5,7-8H,6,9H2,(H,14,15,16). The number of benzene rings is 1. The molecule has 1 N–H and O–H groups in total. The van der Waals surface area contributed by atoms with Crippen LogP contribution in [-0.2, 0) is 6.42 Å². The molecule has 3 nitrogen and oxygen atoms in total. The molecule has 0 bridgehead atoms. The number of aromatic nitrogens is 2. The van der Waals surface area contributed by atoms with Gasteiger partial charge < -0.3 is 5.32 Å². The molecular weight excluding hydrogens is 313 g/mol. The number of rotatable bonds is 4. The van der Waals surface area contributed by atoms with Crippen LogP contribution in [0.2, 0.25) is 0 Å². The third-order valence-corrected chi connectivity index (χ3v) is 2.89. The maximum absolute atomic E-state index is 4.10. The summed E-state index contributed by atoms with van der Waals surface area (Å²) in [4.78, 5) is 8.20. The lowest BCUT2D eigenvalue weighted by molar-refractivity contribution is 0.983. The monoisotopic (exact) mass is 325 g/mol. The van der Waals surface area contributed by atoms with Crippen molar-refractivity contribution >= 4 is 28.5 Å². The van der Waals surface area contributed by atoms with Crippen LogP contribution in [0, 0.1) is 3.57 Å². The van der Waals surface area contributed by atoms with Crippen molar-refractivity contribution < 1.29 is 0 Å². The topological polar surface area (TPSA) is 37.8 Å². The fourth-order valence-electron chi connectivity index (χ4n) is 1.36. The molecule has 4 heteroatoms. The van der Waals surface area contributed by atoms with Gasteiger partial charge in [-0.15, -0.1) is 0 Å². The Balaban J connectivity index is 1.82. The predicted octanol–water partition coefficient (Wildman–Crippen LogP) is 2.74. The third-order valence-electron chi connectivity index (χ3n) is 2.18. The van der Waals surface area contributed by atoms with E-state index in [0.717, 1.165) is 13.0 Å². The van der Waals surface area contributed by atoms with E-state index in [1.807, 2.05) is 6.07 Å². The largest absolute Gasteiger partial charge is 0.354 e. The highest BCUT2D eigenvalue weighted by molar-refractivity contribution is 14.1. The Morgan fingerprint density at radius 1 is 1.06 bits per heavy atom. The Bertz CT molecular complexity index is 428. The Morgan fingerprint density at radius 2 is 1.75 bits per heavy atom. The molecule has 0 spiro atoms. The Labute approximate surface area is 108 Å². The molecular formula is C12H12IN3. The van der Waals surface area contributed by atoms with E-state index >= 15 is 0 Å². The highest BCUT2D eigenvalue weighted by Crippen LogP contribution is 2.07. The van der Waals surface area contributed by atoms with Crippen molar-refractivity contribution in [2.75, 3.05) is 11.9 Å². The van der Waals surface area contributed by atoms with Crippen molar-refractivity contribution in [2.24, 2.45) is 0 Å². The van der Waals surface area contributed by atoms with Crippen molar-refractivity contribution in [2.45, 2.75) is 6.42 Å². The van der Waals surface area contributed by atoms with Crippen molar-refractivity contribution in [1.29, 1.82) is 0 Å². The van der Waals surface area contributed by atoms with Gasteiger partial charge in [-0.05, 0) is 52.8 Å². The van der Waals surface area contributed by atoms with Crippen LogP contribution < -0.4 is 5.32 Å². The summed E-state index contributed by atoms with van der Waals surface area (Å²) in [5, 5.41) is 3.18. The predicted molar refractivity (Wildman–Crippen MR) is 73.4 cm³/mol. The van der Waals surface area contributed by atoms with Crippen LogP contribution in [0.3, 0.4) is 0 Å². The number of nitrogens with zero attached hydrogens (tertiary/aromatic N) is 2. The minimum atomic E-state index is 0.688. The van der Waals surface area contributed by atoms with Gasteiger partial charge in [0.25, 0.3) is 0 Å². The molecule has 0 aliphatic rings. The molecule has 16 heavy (non-hydrogen) atoms. The zero-order chi connectivity index (χ0) is 11.2. The molecule has 0 aliphatic heterocycles. The van der Waals surface area contributed by atoms with Gasteiger partial charge in [0.15, 0.2) is 0 Å². The van der Waals surface area contributed by atoms with E-state index in [0.29, 0.717) is 5.95 Å². The van der Waals surface area contributed by atoms with E-state index in [-0.39, 0.29) is 0 Å². The summed E-state index contributed by atoms with van der Waals surface area (Å²) in [5.74, 6) is 0.688. The molecule has 0 radical (unpaired) electrons. The maximum Gasteiger partial charge on any atom is 0.222 e. The van der Waals surface area contributed by atoms with Gasteiger partial charge in [-0.1, -0.05) is 12.1 Å². The molecule has 0 aliphatic carbocycles. The Kier molecular flexibility index (Phi) is 4.10. The minimum Gasteiger partial charge on any atom is -0.354 e. The molecule has 0 fully saturated rings. The van der Waals surface area contributed by atoms with Crippen molar-refractivity contribution in [3.05, 3.63) is 51.9 Å². The maximum atomic E-state index is 4.10. The first-order chi connectivity index (χ1) is 7.84. The van der Waals surface area contributed by atoms with Gasteiger partial charge in [0, 0.05) is 22.5 Å². The fourth-order valence-corrected chi connectivity index (χ4v) is 1.72. The second-order valence-corrected chi connectivity index (χ2v) is 4.62. The van der Waals surface area contributed by atoms with Crippen LogP contribution >= 0.6 is 22.6 Å². The lowest BCUT2D eigenvalue weighted by Gasteiger charge is -2.04. The van der Waals surface area contributed by atoms with E-state index in [1.165, 1.54) is 9.13 Å². The summed E-state index contributed by atoms with van der Waals surface area (Å²) in [6, 6.07) is 10.3. The second-order valence-electron chi connectivity index (χ2n) is 3.38. The lowest BCUT2D eigenvalue weighted by Crippen LogP contribution is -2.07. The molecule has 0 saturated carbocycles. The first kappa shape index (κ1) is 11.3. The first-order valence-corrected chi connectivity index (χ1v) is 6.18. The molecule has 1 aromatic carbocycles. The molecule has 0 unspecified atom stereocenters. The molecule has 1 heterocycles. The summed E-state index contributed by atoms with van der Waals surface area (Å²) >= 11 is 2.31. The van der Waals surface area contributed by atoms with Gasteiger partial charge in [-0.25, -0.2) is 9.97 Å². The van der Waals surface area contributed by atoms with Crippen molar-refractivity contribution in [3.8, 4) is 0 Å². The van der Waals surface area contributed by atoms with Crippen LogP contribution in [0.4, 0.5) is 5.95 Å². The zero-order valence-electron chi connectivity index (χ0n) is 8.73. The number of halogens is 1. The second kappa shape index (κ2) is 5.79. The molecule has 2 aromatic rings. The molecule has 0 saturated heterocycles. The van der Waals surface area contributed by atoms with Crippen molar-refractivity contribution in [1.82, 2.24) is 9.97 Å². The van der Waals surface area contributed by atoms with E-state index in [9.17, 15) is 0 Å². The molecule has 0 atom stereocenters. The number of anilines is 1. The smallest absolute Gasteiger partial charge is 0.222 e. The van der Waals surface area contributed by atoms with Gasteiger partial charge in [-0.3, -0.25) is 0 Å². The zero-order valence-corrected chi connectivity index (χ0v) is 10.9. The van der Waals surface area contributed by atoms with Crippen LogP contribution in [0.1, 0.15) is 5.56 Å². The summed E-state index contributed by atoms with van der Waals surface area (Å²) in [6.07, 6.45) is 4.45. The number of hydrogen-bond donors (Lipinski definition) is 1. The quantitative estimate of drug-likeness (QED) is 0.879. The first-order valence-electron chi connectivity index (χ1n) is 5.10. The third kappa shape index (κ3) is 3.44. The van der Waals surface area contributed by atoms with Gasteiger partial charge in [0.05, 0.1) is 0 Å². The highest BCUT2D eigenvalue weighted by Gasteiger charge is 1.95. The lowest BCUT2D eigenvalue weighted by atomic mass is 10.1. The van der Waals surface area contributed by atoms with Gasteiger partial charge >= 0.3 is 0 Å². The highest BCUT2D eigenvalue weighted by atomic mass is 127. The molecule has 2 rings (SSSR count). The van der Waals surface area contributed by atoms with Crippen LogP contribution in [0.25, 0.3) is 0 Å². The minimum absolute atomic E-state index is 0.688. The normalized spacial score (nSPS) is 10.1. The summed E-state index contributed by atoms with van der Waals surface area (Å²) < 4.78 is 1.26. The SMILES string of the molecule is Ic1ccc(CCNc2ncccn2)cc1. The van der Waals surface area contributed by atoms with Crippen LogP contribution in [-0.4, -0.2) is 16.5 Å². The summed E-state index contributed by atoms with van der Waals surface area (Å²) in [5.41, 5.74) is 1.32. The van der Waals surface area contributed by atoms with Gasteiger partial charge in [-0.2, -0.15) is 0 Å². The number of hydrogen-bond acceptors (Lipinski definition) is 3. The van der Waals surface area contributed by atoms with E-state index < -0.39 is 0 Å². The van der Waals surface area contributed by atoms with Crippen LogP contribution in [0.5, 0.6) is 0 Å². The summed E-state index contributed by atoms with van der Waals surface area (Å²) in [6.45, 7) is 0.852.